The van der Waals surface area contributed by atoms with Gasteiger partial charge in [0.05, 0.1) is 12.7 Å². The second kappa shape index (κ2) is 6.08. The van der Waals surface area contributed by atoms with Gasteiger partial charge in [-0.05, 0) is 47.5 Å². The predicted octanol–water partition coefficient (Wildman–Crippen LogP) is 4.55. The van der Waals surface area contributed by atoms with Crippen LogP contribution in [0.5, 0.6) is 5.75 Å². The van der Waals surface area contributed by atoms with Crippen molar-refractivity contribution in [1.82, 2.24) is 0 Å². The third-order valence-corrected chi connectivity index (χ3v) is 3.76. The molecule has 116 valence electrons. The second-order valence-electron chi connectivity index (χ2n) is 5.31. The lowest BCUT2D eigenvalue weighted by Crippen LogP contribution is -2.14. The first-order valence-electron chi connectivity index (χ1n) is 7.23. The van der Waals surface area contributed by atoms with E-state index < -0.39 is 5.82 Å². The molecular formula is C19H16FNO2. The van der Waals surface area contributed by atoms with E-state index in [1.54, 1.807) is 12.1 Å². The van der Waals surface area contributed by atoms with Crippen molar-refractivity contribution < 1.29 is 13.9 Å². The Morgan fingerprint density at radius 3 is 2.43 bits per heavy atom. The first kappa shape index (κ1) is 15.0. The van der Waals surface area contributed by atoms with Crippen molar-refractivity contribution in [2.24, 2.45) is 0 Å². The molecule has 0 fully saturated rings. The SMILES string of the molecule is COc1cc2ccccc2cc1C(=O)Nc1cc(F)ccc1C. The molecule has 4 heteroatoms. The Hall–Kier alpha value is -2.88. The molecule has 0 aliphatic rings. The van der Waals surface area contributed by atoms with Crippen molar-refractivity contribution in [3.05, 3.63) is 71.5 Å². The van der Waals surface area contributed by atoms with Gasteiger partial charge in [-0.15, -0.1) is 0 Å². The van der Waals surface area contributed by atoms with E-state index in [0.29, 0.717) is 17.0 Å². The lowest BCUT2D eigenvalue weighted by atomic mass is 10.0. The fourth-order valence-electron chi connectivity index (χ4n) is 2.48. The smallest absolute Gasteiger partial charge is 0.259 e. The van der Waals surface area contributed by atoms with Gasteiger partial charge in [0.2, 0.25) is 0 Å². The Balaban J connectivity index is 2.01. The van der Waals surface area contributed by atoms with Crippen LogP contribution in [-0.2, 0) is 0 Å². The van der Waals surface area contributed by atoms with Crippen LogP contribution in [-0.4, -0.2) is 13.0 Å². The Labute approximate surface area is 133 Å². The van der Waals surface area contributed by atoms with Gasteiger partial charge in [-0.25, -0.2) is 4.39 Å². The van der Waals surface area contributed by atoms with Crippen molar-refractivity contribution in [3.63, 3.8) is 0 Å². The maximum Gasteiger partial charge on any atom is 0.259 e. The van der Waals surface area contributed by atoms with Gasteiger partial charge < -0.3 is 10.1 Å². The minimum atomic E-state index is -0.392. The topological polar surface area (TPSA) is 38.3 Å². The number of nitrogens with one attached hydrogen (secondary N) is 1. The number of carbonyl (C=O) groups is 1. The number of fused-ring (bicyclic) bond motifs is 1. The summed E-state index contributed by atoms with van der Waals surface area (Å²) in [6.07, 6.45) is 0. The minimum absolute atomic E-state index is 0.332. The van der Waals surface area contributed by atoms with Gasteiger partial charge in [-0.2, -0.15) is 0 Å². The lowest BCUT2D eigenvalue weighted by molar-refractivity contribution is 0.102. The average Bonchev–Trinajstić information content (AvgIpc) is 2.56. The molecule has 0 unspecified atom stereocenters. The molecule has 3 rings (SSSR count). The van der Waals surface area contributed by atoms with Crippen molar-refractivity contribution in [2.45, 2.75) is 6.92 Å². The molecule has 0 radical (unpaired) electrons. The van der Waals surface area contributed by atoms with E-state index in [0.717, 1.165) is 16.3 Å². The van der Waals surface area contributed by atoms with Crippen molar-refractivity contribution in [1.29, 1.82) is 0 Å². The van der Waals surface area contributed by atoms with Crippen LogP contribution < -0.4 is 10.1 Å². The van der Waals surface area contributed by atoms with E-state index in [-0.39, 0.29) is 5.91 Å². The van der Waals surface area contributed by atoms with E-state index in [4.69, 9.17) is 4.74 Å². The number of anilines is 1. The van der Waals surface area contributed by atoms with Crippen LogP contribution in [0.15, 0.2) is 54.6 Å². The number of halogens is 1. The third-order valence-electron chi connectivity index (χ3n) is 3.76. The summed E-state index contributed by atoms with van der Waals surface area (Å²) in [4.78, 5) is 12.6. The second-order valence-corrected chi connectivity index (χ2v) is 5.31. The molecule has 3 aromatic carbocycles. The van der Waals surface area contributed by atoms with Crippen molar-refractivity contribution in [2.75, 3.05) is 12.4 Å². The first-order chi connectivity index (χ1) is 11.1. The standard InChI is InChI=1S/C19H16FNO2/c1-12-7-8-15(20)11-17(12)21-19(22)16-9-13-5-3-4-6-14(13)10-18(16)23-2/h3-11H,1-2H3,(H,21,22). The summed E-state index contributed by atoms with van der Waals surface area (Å²) in [5.74, 6) is -0.243. The van der Waals surface area contributed by atoms with Gasteiger partial charge in [0.1, 0.15) is 11.6 Å². The molecule has 1 amide bonds. The summed E-state index contributed by atoms with van der Waals surface area (Å²) in [7, 11) is 1.52. The van der Waals surface area contributed by atoms with Crippen molar-refractivity contribution >= 4 is 22.4 Å². The van der Waals surface area contributed by atoms with Crippen LogP contribution in [0.2, 0.25) is 0 Å². The molecule has 0 aliphatic carbocycles. The molecule has 1 N–H and O–H groups in total. The Kier molecular flexibility index (Phi) is 3.98. The number of ether oxygens (including phenoxy) is 1. The zero-order valence-electron chi connectivity index (χ0n) is 12.9. The molecule has 3 aromatic rings. The maximum absolute atomic E-state index is 13.4. The number of benzene rings is 3. The van der Waals surface area contributed by atoms with Gasteiger partial charge >= 0.3 is 0 Å². The molecule has 0 aliphatic heterocycles. The summed E-state index contributed by atoms with van der Waals surface area (Å²) < 4.78 is 18.7. The van der Waals surface area contributed by atoms with Crippen LogP contribution in [0.25, 0.3) is 10.8 Å². The Morgan fingerprint density at radius 2 is 1.74 bits per heavy atom. The lowest BCUT2D eigenvalue weighted by Gasteiger charge is -2.12. The third kappa shape index (κ3) is 3.01. The zero-order valence-corrected chi connectivity index (χ0v) is 12.9. The van der Waals surface area contributed by atoms with Crippen LogP contribution in [0, 0.1) is 12.7 Å². The summed E-state index contributed by atoms with van der Waals surface area (Å²) >= 11 is 0. The highest BCUT2D eigenvalue weighted by Crippen LogP contribution is 2.27. The number of carbonyl (C=O) groups excluding carboxylic acids is 1. The average molecular weight is 309 g/mol. The highest BCUT2D eigenvalue weighted by Gasteiger charge is 2.15. The van der Waals surface area contributed by atoms with Crippen molar-refractivity contribution in [3.8, 4) is 5.75 Å². The largest absolute Gasteiger partial charge is 0.496 e. The summed E-state index contributed by atoms with van der Waals surface area (Å²) in [6, 6.07) is 15.6. The van der Waals surface area contributed by atoms with E-state index in [2.05, 4.69) is 5.32 Å². The van der Waals surface area contributed by atoms with E-state index in [9.17, 15) is 9.18 Å². The monoisotopic (exact) mass is 309 g/mol. The zero-order chi connectivity index (χ0) is 16.4. The van der Waals surface area contributed by atoms with Crippen LogP contribution in [0.3, 0.4) is 0 Å². The molecule has 0 bridgehead atoms. The van der Waals surface area contributed by atoms with Crippen LogP contribution >= 0.6 is 0 Å². The van der Waals surface area contributed by atoms with Gasteiger partial charge in [0.15, 0.2) is 0 Å². The molecule has 0 saturated carbocycles. The Morgan fingerprint density at radius 1 is 1.04 bits per heavy atom. The summed E-state index contributed by atoms with van der Waals surface area (Å²) in [5, 5.41) is 4.68. The molecule has 3 nitrogen and oxygen atoms in total. The molecule has 23 heavy (non-hydrogen) atoms. The number of methoxy groups -OCH3 is 1. The van der Waals surface area contributed by atoms with Gasteiger partial charge in [-0.3, -0.25) is 4.79 Å². The number of hydrogen-bond donors (Lipinski definition) is 1. The van der Waals surface area contributed by atoms with Crippen LogP contribution in [0.1, 0.15) is 15.9 Å². The quantitative estimate of drug-likeness (QED) is 0.771. The fraction of sp³-hybridized carbons (Fsp3) is 0.105. The maximum atomic E-state index is 13.4. The number of amides is 1. The van der Waals surface area contributed by atoms with Gasteiger partial charge in [0, 0.05) is 5.69 Å². The molecule has 0 spiro atoms. The normalized spacial score (nSPS) is 10.6. The van der Waals surface area contributed by atoms with Gasteiger partial charge in [0.25, 0.3) is 5.91 Å². The van der Waals surface area contributed by atoms with Gasteiger partial charge in [-0.1, -0.05) is 30.3 Å². The number of aryl methyl sites for hydroxylation is 1. The summed E-state index contributed by atoms with van der Waals surface area (Å²) in [6.45, 7) is 1.81. The highest BCUT2D eigenvalue weighted by molar-refractivity contribution is 6.09. The minimum Gasteiger partial charge on any atom is -0.496 e. The fourth-order valence-corrected chi connectivity index (χ4v) is 2.48. The molecule has 0 aromatic heterocycles. The first-order valence-corrected chi connectivity index (χ1v) is 7.23. The molecule has 0 saturated heterocycles. The molecule has 0 atom stereocenters. The van der Waals surface area contributed by atoms with E-state index >= 15 is 0 Å². The van der Waals surface area contributed by atoms with Crippen LogP contribution in [0.4, 0.5) is 10.1 Å². The van der Waals surface area contributed by atoms with E-state index in [1.807, 2.05) is 37.3 Å². The highest BCUT2D eigenvalue weighted by atomic mass is 19.1. The molecular weight excluding hydrogens is 293 g/mol. The van der Waals surface area contributed by atoms with E-state index in [1.165, 1.54) is 19.2 Å². The Bertz CT molecular complexity index is 890. The summed E-state index contributed by atoms with van der Waals surface area (Å²) in [5.41, 5.74) is 1.65. The number of hydrogen-bond acceptors (Lipinski definition) is 2. The number of rotatable bonds is 3. The molecule has 0 heterocycles. The predicted molar refractivity (Wildman–Crippen MR) is 89.6 cm³/mol.